The summed E-state index contributed by atoms with van der Waals surface area (Å²) in [4.78, 5) is 0. The number of piperidine rings is 1. The van der Waals surface area contributed by atoms with E-state index in [1.807, 2.05) is 0 Å². The van der Waals surface area contributed by atoms with Gasteiger partial charge in [-0.2, -0.15) is 0 Å². The Hall–Kier alpha value is -0.0800. The Morgan fingerprint density at radius 1 is 1.46 bits per heavy atom. The van der Waals surface area contributed by atoms with Crippen LogP contribution in [0.4, 0.5) is 0 Å². The molecule has 1 saturated heterocycles. The molecule has 2 unspecified atom stereocenters. The lowest BCUT2D eigenvalue weighted by atomic mass is 9.90. The van der Waals surface area contributed by atoms with E-state index in [9.17, 15) is 5.11 Å². The van der Waals surface area contributed by atoms with Crippen molar-refractivity contribution in [2.45, 2.75) is 45.6 Å². The normalized spacial score (nSPS) is 26.3. The highest BCUT2D eigenvalue weighted by Gasteiger charge is 2.17. The van der Waals surface area contributed by atoms with Crippen molar-refractivity contribution in [1.82, 2.24) is 5.32 Å². The van der Waals surface area contributed by atoms with Crippen LogP contribution in [0.2, 0.25) is 0 Å². The van der Waals surface area contributed by atoms with Crippen LogP contribution in [0, 0.1) is 11.8 Å². The van der Waals surface area contributed by atoms with Gasteiger partial charge >= 0.3 is 0 Å². The molecule has 1 aliphatic heterocycles. The third kappa shape index (κ3) is 4.63. The summed E-state index contributed by atoms with van der Waals surface area (Å²) in [6, 6.07) is 0. The Morgan fingerprint density at radius 3 is 2.77 bits per heavy atom. The Kier molecular flexibility index (Phi) is 4.74. The maximum Gasteiger partial charge on any atom is 0.0545 e. The van der Waals surface area contributed by atoms with Gasteiger partial charge in [0.05, 0.1) is 6.10 Å². The zero-order valence-corrected chi connectivity index (χ0v) is 8.92. The van der Waals surface area contributed by atoms with E-state index in [4.69, 9.17) is 0 Å². The van der Waals surface area contributed by atoms with E-state index in [0.29, 0.717) is 11.8 Å². The number of rotatable bonds is 4. The lowest BCUT2D eigenvalue weighted by molar-refractivity contribution is 0.112. The van der Waals surface area contributed by atoms with E-state index < -0.39 is 0 Å². The first-order valence-electron chi connectivity index (χ1n) is 5.57. The molecular formula is C11H23NO. The van der Waals surface area contributed by atoms with Gasteiger partial charge < -0.3 is 10.4 Å². The Labute approximate surface area is 81.7 Å². The zero-order chi connectivity index (χ0) is 9.68. The first-order chi connectivity index (χ1) is 6.18. The minimum Gasteiger partial charge on any atom is -0.393 e. The van der Waals surface area contributed by atoms with Crippen LogP contribution in [-0.4, -0.2) is 24.3 Å². The highest BCUT2D eigenvalue weighted by molar-refractivity contribution is 4.72. The lowest BCUT2D eigenvalue weighted by Crippen LogP contribution is -2.32. The van der Waals surface area contributed by atoms with Gasteiger partial charge in [0.2, 0.25) is 0 Å². The summed E-state index contributed by atoms with van der Waals surface area (Å²) in [5, 5.41) is 13.1. The van der Waals surface area contributed by atoms with Gasteiger partial charge in [-0.3, -0.25) is 0 Å². The lowest BCUT2D eigenvalue weighted by Gasteiger charge is -2.25. The molecule has 2 N–H and O–H groups in total. The third-order valence-corrected chi connectivity index (χ3v) is 2.75. The SMILES string of the molecule is CC(C)CC(O)CC1CCCNC1. The van der Waals surface area contributed by atoms with Crippen LogP contribution >= 0.6 is 0 Å². The Morgan fingerprint density at radius 2 is 2.23 bits per heavy atom. The van der Waals surface area contributed by atoms with E-state index in [-0.39, 0.29) is 6.10 Å². The summed E-state index contributed by atoms with van der Waals surface area (Å²) >= 11 is 0. The van der Waals surface area contributed by atoms with E-state index in [1.165, 1.54) is 12.8 Å². The summed E-state index contributed by atoms with van der Waals surface area (Å²) in [6.45, 7) is 6.61. The molecule has 0 radical (unpaired) electrons. The van der Waals surface area contributed by atoms with Crippen LogP contribution in [-0.2, 0) is 0 Å². The summed E-state index contributed by atoms with van der Waals surface area (Å²) in [5.41, 5.74) is 0. The van der Waals surface area contributed by atoms with Crippen molar-refractivity contribution in [1.29, 1.82) is 0 Å². The maximum absolute atomic E-state index is 9.74. The van der Waals surface area contributed by atoms with Gasteiger partial charge in [-0.1, -0.05) is 13.8 Å². The molecule has 0 aromatic carbocycles. The zero-order valence-electron chi connectivity index (χ0n) is 8.92. The van der Waals surface area contributed by atoms with Crippen molar-refractivity contribution < 1.29 is 5.11 Å². The largest absolute Gasteiger partial charge is 0.393 e. The van der Waals surface area contributed by atoms with Crippen LogP contribution in [0.3, 0.4) is 0 Å². The monoisotopic (exact) mass is 185 g/mol. The average Bonchev–Trinajstić information content (AvgIpc) is 2.04. The fourth-order valence-electron chi connectivity index (χ4n) is 2.15. The molecule has 13 heavy (non-hydrogen) atoms. The molecule has 0 spiro atoms. The smallest absolute Gasteiger partial charge is 0.0545 e. The Balaban J connectivity index is 2.14. The first kappa shape index (κ1) is 11.0. The van der Waals surface area contributed by atoms with Crippen LogP contribution in [0.5, 0.6) is 0 Å². The van der Waals surface area contributed by atoms with Crippen LogP contribution < -0.4 is 5.32 Å². The van der Waals surface area contributed by atoms with Gasteiger partial charge in [0.1, 0.15) is 0 Å². The quantitative estimate of drug-likeness (QED) is 0.700. The second-order valence-electron chi connectivity index (χ2n) is 4.73. The van der Waals surface area contributed by atoms with Crippen molar-refractivity contribution in [3.63, 3.8) is 0 Å². The fourth-order valence-corrected chi connectivity index (χ4v) is 2.15. The van der Waals surface area contributed by atoms with Gasteiger partial charge in [0.15, 0.2) is 0 Å². The van der Waals surface area contributed by atoms with Crippen molar-refractivity contribution in [3.05, 3.63) is 0 Å². The van der Waals surface area contributed by atoms with Gasteiger partial charge in [-0.25, -0.2) is 0 Å². The minimum absolute atomic E-state index is 0.0788. The molecular weight excluding hydrogens is 162 g/mol. The van der Waals surface area contributed by atoms with E-state index in [1.54, 1.807) is 0 Å². The molecule has 0 aromatic rings. The highest BCUT2D eigenvalue weighted by atomic mass is 16.3. The highest BCUT2D eigenvalue weighted by Crippen LogP contribution is 2.19. The van der Waals surface area contributed by atoms with Crippen LogP contribution in [0.25, 0.3) is 0 Å². The van der Waals surface area contributed by atoms with E-state index in [0.717, 1.165) is 25.9 Å². The van der Waals surface area contributed by atoms with E-state index in [2.05, 4.69) is 19.2 Å². The molecule has 2 atom stereocenters. The number of hydrogen-bond acceptors (Lipinski definition) is 2. The summed E-state index contributed by atoms with van der Waals surface area (Å²) in [6.07, 6.45) is 4.44. The number of hydrogen-bond donors (Lipinski definition) is 2. The molecule has 2 heteroatoms. The molecule has 0 aromatic heterocycles. The fraction of sp³-hybridized carbons (Fsp3) is 1.00. The molecule has 0 bridgehead atoms. The maximum atomic E-state index is 9.74. The molecule has 1 aliphatic rings. The van der Waals surface area contributed by atoms with Crippen LogP contribution in [0.15, 0.2) is 0 Å². The molecule has 1 fully saturated rings. The van der Waals surface area contributed by atoms with Gasteiger partial charge in [-0.15, -0.1) is 0 Å². The predicted octanol–water partition coefficient (Wildman–Crippen LogP) is 1.78. The minimum atomic E-state index is -0.0788. The van der Waals surface area contributed by atoms with Crippen molar-refractivity contribution in [3.8, 4) is 0 Å². The van der Waals surface area contributed by atoms with Gasteiger partial charge in [0.25, 0.3) is 0 Å². The molecule has 78 valence electrons. The third-order valence-electron chi connectivity index (χ3n) is 2.75. The topological polar surface area (TPSA) is 32.3 Å². The van der Waals surface area contributed by atoms with Crippen molar-refractivity contribution in [2.24, 2.45) is 11.8 Å². The van der Waals surface area contributed by atoms with E-state index >= 15 is 0 Å². The molecule has 2 nitrogen and oxygen atoms in total. The standard InChI is InChI=1S/C11H23NO/c1-9(2)6-11(13)7-10-4-3-5-12-8-10/h9-13H,3-8H2,1-2H3. The number of aliphatic hydroxyl groups excluding tert-OH is 1. The van der Waals surface area contributed by atoms with Gasteiger partial charge in [0, 0.05) is 0 Å². The Bertz CT molecular complexity index is 130. The first-order valence-corrected chi connectivity index (χ1v) is 5.57. The summed E-state index contributed by atoms with van der Waals surface area (Å²) < 4.78 is 0. The average molecular weight is 185 g/mol. The molecule has 0 aliphatic carbocycles. The summed E-state index contributed by atoms with van der Waals surface area (Å²) in [5.74, 6) is 1.33. The summed E-state index contributed by atoms with van der Waals surface area (Å²) in [7, 11) is 0. The number of aliphatic hydroxyl groups is 1. The van der Waals surface area contributed by atoms with Crippen molar-refractivity contribution in [2.75, 3.05) is 13.1 Å². The second kappa shape index (κ2) is 5.61. The van der Waals surface area contributed by atoms with Gasteiger partial charge in [-0.05, 0) is 50.6 Å². The van der Waals surface area contributed by atoms with Crippen LogP contribution in [0.1, 0.15) is 39.5 Å². The number of nitrogens with one attached hydrogen (secondary N) is 1. The molecule has 0 amide bonds. The second-order valence-corrected chi connectivity index (χ2v) is 4.73. The molecule has 1 rings (SSSR count). The predicted molar refractivity (Wildman–Crippen MR) is 55.7 cm³/mol. The molecule has 0 saturated carbocycles. The van der Waals surface area contributed by atoms with Crippen molar-refractivity contribution >= 4 is 0 Å². The molecule has 1 heterocycles.